The quantitative estimate of drug-likeness (QED) is 0.438. The number of rotatable bonds is 10. The topological polar surface area (TPSA) is 65.8 Å². The van der Waals surface area contributed by atoms with Crippen LogP contribution < -0.4 is 5.32 Å². The second-order valence-electron chi connectivity index (χ2n) is 8.15. The van der Waals surface area contributed by atoms with Crippen molar-refractivity contribution in [2.75, 3.05) is 18.4 Å². The number of hydrogen-bond donors (Lipinski definition) is 1. The van der Waals surface area contributed by atoms with Crippen molar-refractivity contribution in [3.63, 3.8) is 0 Å². The van der Waals surface area contributed by atoms with Crippen LogP contribution in [0.25, 0.3) is 0 Å². The van der Waals surface area contributed by atoms with Crippen LogP contribution in [-0.4, -0.2) is 34.8 Å². The van der Waals surface area contributed by atoms with Crippen LogP contribution in [0, 0.1) is 6.92 Å². The minimum absolute atomic E-state index is 0.000753. The van der Waals surface area contributed by atoms with Gasteiger partial charge in [-0.15, -0.1) is 0 Å². The molecule has 0 aliphatic heterocycles. The van der Waals surface area contributed by atoms with Gasteiger partial charge in [0.05, 0.1) is 6.54 Å². The zero-order valence-corrected chi connectivity index (χ0v) is 19.7. The summed E-state index contributed by atoms with van der Waals surface area (Å²) in [5, 5.41) is 2.92. The first-order chi connectivity index (χ1) is 16.0. The maximum absolute atomic E-state index is 13.3. The molecule has 33 heavy (non-hydrogen) atoms. The summed E-state index contributed by atoms with van der Waals surface area (Å²) in [5.41, 5.74) is 2.95. The van der Waals surface area contributed by atoms with Gasteiger partial charge in [-0.3, -0.25) is 4.79 Å². The zero-order chi connectivity index (χ0) is 23.6. The molecule has 3 amide bonds. The normalized spacial score (nSPS) is 10.6. The lowest BCUT2D eigenvalue weighted by Crippen LogP contribution is -2.44. The smallest absolute Gasteiger partial charge is 0.322 e. The third-order valence-corrected chi connectivity index (χ3v) is 5.43. The summed E-state index contributed by atoms with van der Waals surface area (Å²) in [6.45, 7) is 7.25. The van der Waals surface area contributed by atoms with E-state index in [0.717, 1.165) is 35.6 Å². The summed E-state index contributed by atoms with van der Waals surface area (Å²) in [6.07, 6.45) is 1.70. The Hall–Kier alpha value is -3.54. The Morgan fingerprint density at radius 1 is 0.848 bits per heavy atom. The third-order valence-electron chi connectivity index (χ3n) is 5.43. The van der Waals surface area contributed by atoms with Crippen LogP contribution in [0.2, 0.25) is 0 Å². The maximum atomic E-state index is 13.3. The first-order valence-electron chi connectivity index (χ1n) is 11.5. The van der Waals surface area contributed by atoms with E-state index >= 15 is 0 Å². The van der Waals surface area contributed by atoms with Crippen LogP contribution in [-0.2, 0) is 24.3 Å². The first kappa shape index (κ1) is 24.1. The molecular formula is C27H33N3O3. The fraction of sp³-hybridized carbons (Fsp3) is 0.333. The monoisotopic (exact) mass is 447 g/mol. The molecule has 0 aliphatic carbocycles. The highest BCUT2D eigenvalue weighted by Crippen LogP contribution is 2.15. The van der Waals surface area contributed by atoms with E-state index in [4.69, 9.17) is 4.42 Å². The van der Waals surface area contributed by atoms with Gasteiger partial charge in [-0.1, -0.05) is 56.3 Å². The van der Waals surface area contributed by atoms with Crippen molar-refractivity contribution in [2.45, 2.75) is 46.7 Å². The van der Waals surface area contributed by atoms with Crippen molar-refractivity contribution in [1.82, 2.24) is 9.80 Å². The lowest BCUT2D eigenvalue weighted by atomic mass is 10.1. The molecule has 0 radical (unpaired) electrons. The van der Waals surface area contributed by atoms with Gasteiger partial charge in [-0.05, 0) is 55.2 Å². The molecule has 1 aromatic heterocycles. The van der Waals surface area contributed by atoms with E-state index in [0.29, 0.717) is 19.6 Å². The maximum Gasteiger partial charge on any atom is 0.322 e. The average molecular weight is 448 g/mol. The summed E-state index contributed by atoms with van der Waals surface area (Å²) in [7, 11) is 0. The number of hydrogen-bond acceptors (Lipinski definition) is 3. The van der Waals surface area contributed by atoms with Gasteiger partial charge in [0.2, 0.25) is 5.91 Å². The van der Waals surface area contributed by atoms with Crippen LogP contribution in [0.1, 0.15) is 42.9 Å². The SMILES string of the molecule is CCCN(CC(=O)N(Cc1ccccc1)Cc1ccc(C)o1)C(=O)Nc1ccc(CC)cc1. The Kier molecular flexibility index (Phi) is 8.70. The lowest BCUT2D eigenvalue weighted by molar-refractivity contribution is -0.133. The van der Waals surface area contributed by atoms with Gasteiger partial charge in [0.25, 0.3) is 0 Å². The van der Waals surface area contributed by atoms with Gasteiger partial charge in [-0.25, -0.2) is 4.79 Å². The molecule has 0 saturated carbocycles. The number of anilines is 1. The van der Waals surface area contributed by atoms with Gasteiger partial charge in [0, 0.05) is 18.8 Å². The fourth-order valence-corrected chi connectivity index (χ4v) is 3.61. The van der Waals surface area contributed by atoms with E-state index < -0.39 is 0 Å². The highest BCUT2D eigenvalue weighted by Gasteiger charge is 2.22. The Morgan fingerprint density at radius 3 is 2.18 bits per heavy atom. The first-order valence-corrected chi connectivity index (χ1v) is 11.5. The standard InChI is InChI=1S/C27H33N3O3/c1-4-17-29(27(32)28-24-14-12-22(5-2)13-15-24)20-26(31)30(18-23-9-7-6-8-10-23)19-25-16-11-21(3)33-25/h6-16H,4-5,17-20H2,1-3H3,(H,28,32). The third kappa shape index (κ3) is 7.24. The molecule has 0 saturated heterocycles. The van der Waals surface area contributed by atoms with Crippen molar-refractivity contribution in [3.05, 3.63) is 89.4 Å². The number of aryl methyl sites for hydroxylation is 2. The molecule has 1 N–H and O–H groups in total. The van der Waals surface area contributed by atoms with Crippen LogP contribution in [0.5, 0.6) is 0 Å². The second-order valence-corrected chi connectivity index (χ2v) is 8.15. The summed E-state index contributed by atoms with van der Waals surface area (Å²) >= 11 is 0. The predicted octanol–water partition coefficient (Wildman–Crippen LogP) is 5.62. The molecular weight excluding hydrogens is 414 g/mol. The summed E-state index contributed by atoms with van der Waals surface area (Å²) in [4.78, 5) is 29.6. The number of amides is 3. The molecule has 0 unspecified atom stereocenters. The fourth-order valence-electron chi connectivity index (χ4n) is 3.61. The molecule has 0 fully saturated rings. The zero-order valence-electron chi connectivity index (χ0n) is 19.7. The van der Waals surface area contributed by atoms with Gasteiger partial charge in [-0.2, -0.15) is 0 Å². The van der Waals surface area contributed by atoms with Crippen molar-refractivity contribution in [1.29, 1.82) is 0 Å². The Balaban J connectivity index is 1.72. The van der Waals surface area contributed by atoms with Crippen LogP contribution in [0.4, 0.5) is 10.5 Å². The average Bonchev–Trinajstić information content (AvgIpc) is 3.24. The minimum atomic E-state index is -0.275. The van der Waals surface area contributed by atoms with Crippen molar-refractivity contribution in [2.24, 2.45) is 0 Å². The Labute approximate surface area is 196 Å². The van der Waals surface area contributed by atoms with Gasteiger partial charge < -0.3 is 19.5 Å². The van der Waals surface area contributed by atoms with Crippen LogP contribution in [0.3, 0.4) is 0 Å². The number of nitrogens with one attached hydrogen (secondary N) is 1. The number of nitrogens with zero attached hydrogens (tertiary/aromatic N) is 2. The largest absolute Gasteiger partial charge is 0.464 e. The molecule has 0 aliphatic rings. The molecule has 0 spiro atoms. The van der Waals surface area contributed by atoms with Crippen LogP contribution >= 0.6 is 0 Å². The van der Waals surface area contributed by atoms with E-state index in [1.807, 2.05) is 80.6 Å². The molecule has 6 nitrogen and oxygen atoms in total. The van der Waals surface area contributed by atoms with Gasteiger partial charge in [0.1, 0.15) is 18.1 Å². The highest BCUT2D eigenvalue weighted by atomic mass is 16.3. The van der Waals surface area contributed by atoms with Crippen molar-refractivity contribution in [3.8, 4) is 0 Å². The molecule has 3 aromatic rings. The minimum Gasteiger partial charge on any atom is -0.464 e. The Bertz CT molecular complexity index is 1030. The molecule has 0 atom stereocenters. The van der Waals surface area contributed by atoms with Crippen molar-refractivity contribution >= 4 is 17.6 Å². The molecule has 0 bridgehead atoms. The van der Waals surface area contributed by atoms with E-state index in [1.54, 1.807) is 9.80 Å². The molecule has 174 valence electrons. The van der Waals surface area contributed by atoms with Gasteiger partial charge >= 0.3 is 6.03 Å². The van der Waals surface area contributed by atoms with E-state index in [2.05, 4.69) is 12.2 Å². The Morgan fingerprint density at radius 2 is 1.58 bits per heavy atom. The number of urea groups is 1. The summed E-state index contributed by atoms with van der Waals surface area (Å²) in [6, 6.07) is 21.1. The van der Waals surface area contributed by atoms with Crippen LogP contribution in [0.15, 0.2) is 71.1 Å². The summed E-state index contributed by atoms with van der Waals surface area (Å²) < 4.78 is 5.71. The summed E-state index contributed by atoms with van der Waals surface area (Å²) in [5.74, 6) is 1.40. The number of furan rings is 1. The van der Waals surface area contributed by atoms with E-state index in [9.17, 15) is 9.59 Å². The molecule has 2 aromatic carbocycles. The highest BCUT2D eigenvalue weighted by molar-refractivity contribution is 5.92. The van der Waals surface area contributed by atoms with E-state index in [1.165, 1.54) is 5.56 Å². The predicted molar refractivity (Wildman–Crippen MR) is 131 cm³/mol. The molecule has 6 heteroatoms. The number of carbonyl (C=O) groups excluding carboxylic acids is 2. The van der Waals surface area contributed by atoms with Gasteiger partial charge in [0.15, 0.2) is 0 Å². The number of benzene rings is 2. The van der Waals surface area contributed by atoms with Crippen molar-refractivity contribution < 1.29 is 14.0 Å². The molecule has 1 heterocycles. The second kappa shape index (κ2) is 11.9. The van der Waals surface area contributed by atoms with E-state index in [-0.39, 0.29) is 18.5 Å². The lowest BCUT2D eigenvalue weighted by Gasteiger charge is -2.27. The molecule has 3 rings (SSSR count). The number of carbonyl (C=O) groups is 2.